The van der Waals surface area contributed by atoms with Crippen molar-refractivity contribution in [3.63, 3.8) is 0 Å². The highest BCUT2D eigenvalue weighted by Gasteiger charge is 2.49. The van der Waals surface area contributed by atoms with Crippen molar-refractivity contribution < 1.29 is 17.9 Å². The molecule has 0 bridgehead atoms. The molecule has 1 saturated carbocycles. The van der Waals surface area contributed by atoms with Crippen LogP contribution in [0.2, 0.25) is 0 Å². The maximum Gasteiger partial charge on any atom is 0.405 e. The first kappa shape index (κ1) is 14.3. The summed E-state index contributed by atoms with van der Waals surface area (Å²) >= 11 is 0. The third-order valence-corrected chi connectivity index (χ3v) is 3.58. The number of rotatable bonds is 4. The summed E-state index contributed by atoms with van der Waals surface area (Å²) in [5, 5.41) is 11.3. The average molecular weight is 250 g/mol. The fourth-order valence-corrected chi connectivity index (χ4v) is 2.13. The Labute approximate surface area is 98.9 Å². The second-order valence-electron chi connectivity index (χ2n) is 4.97. The molecule has 0 spiro atoms. The summed E-state index contributed by atoms with van der Waals surface area (Å²) in [5.74, 6) is -1.94. The zero-order valence-electron chi connectivity index (χ0n) is 10.1. The molecule has 17 heavy (non-hydrogen) atoms. The Morgan fingerprint density at radius 3 is 2.47 bits per heavy atom. The molecule has 0 aliphatic heterocycles. The van der Waals surface area contributed by atoms with Gasteiger partial charge in [-0.2, -0.15) is 18.4 Å². The molecular formula is C11H17F3N2O. The van der Waals surface area contributed by atoms with E-state index < -0.39 is 12.1 Å². The van der Waals surface area contributed by atoms with E-state index in [2.05, 4.69) is 5.32 Å². The van der Waals surface area contributed by atoms with Crippen LogP contribution in [0.1, 0.15) is 20.3 Å². The Morgan fingerprint density at radius 1 is 1.53 bits per heavy atom. The molecular weight excluding hydrogens is 233 g/mol. The van der Waals surface area contributed by atoms with Crippen LogP contribution in [0.5, 0.6) is 0 Å². The highest BCUT2D eigenvalue weighted by atomic mass is 19.4. The van der Waals surface area contributed by atoms with Crippen molar-refractivity contribution >= 4 is 0 Å². The normalized spacial score (nSPS) is 29.2. The third-order valence-electron chi connectivity index (χ3n) is 3.58. The highest BCUT2D eigenvalue weighted by molar-refractivity contribution is 5.03. The number of nitriles is 1. The molecule has 1 aliphatic carbocycles. The van der Waals surface area contributed by atoms with Gasteiger partial charge in [-0.15, -0.1) is 0 Å². The van der Waals surface area contributed by atoms with Gasteiger partial charge in [-0.05, 0) is 6.42 Å². The fourth-order valence-electron chi connectivity index (χ4n) is 2.13. The number of nitrogens with zero attached hydrogens (tertiary/aromatic N) is 1. The molecule has 1 fully saturated rings. The molecule has 1 aliphatic rings. The minimum absolute atomic E-state index is 0.0364. The molecule has 1 N–H and O–H groups in total. The maximum absolute atomic E-state index is 12.3. The summed E-state index contributed by atoms with van der Waals surface area (Å²) in [5.41, 5.74) is -0.194. The lowest BCUT2D eigenvalue weighted by Crippen LogP contribution is -2.61. The minimum atomic E-state index is -4.46. The Bertz CT molecular complexity index is 309. The van der Waals surface area contributed by atoms with Crippen LogP contribution in [-0.4, -0.2) is 32.0 Å². The van der Waals surface area contributed by atoms with Crippen molar-refractivity contribution in [2.45, 2.75) is 38.6 Å². The average Bonchev–Trinajstić information content (AvgIpc) is 2.20. The van der Waals surface area contributed by atoms with Crippen LogP contribution in [0.4, 0.5) is 13.2 Å². The van der Waals surface area contributed by atoms with Crippen LogP contribution >= 0.6 is 0 Å². The van der Waals surface area contributed by atoms with E-state index in [0.29, 0.717) is 6.42 Å². The number of hydrogen-bond donors (Lipinski definition) is 1. The lowest BCUT2D eigenvalue weighted by molar-refractivity contribution is -0.161. The van der Waals surface area contributed by atoms with Crippen LogP contribution in [0.15, 0.2) is 0 Å². The summed E-state index contributed by atoms with van der Waals surface area (Å²) < 4.78 is 42.2. The zero-order chi connectivity index (χ0) is 13.3. The maximum atomic E-state index is 12.3. The van der Waals surface area contributed by atoms with Gasteiger partial charge in [0.05, 0.1) is 12.2 Å². The first-order valence-corrected chi connectivity index (χ1v) is 5.46. The van der Waals surface area contributed by atoms with Gasteiger partial charge in [0.25, 0.3) is 0 Å². The van der Waals surface area contributed by atoms with E-state index in [4.69, 9.17) is 10.00 Å². The van der Waals surface area contributed by atoms with Crippen molar-refractivity contribution in [3.8, 4) is 6.07 Å². The van der Waals surface area contributed by atoms with E-state index in [1.807, 2.05) is 13.8 Å². The quantitative estimate of drug-likeness (QED) is 0.831. The second-order valence-corrected chi connectivity index (χ2v) is 4.97. The second kappa shape index (κ2) is 4.83. The molecule has 3 unspecified atom stereocenters. The van der Waals surface area contributed by atoms with E-state index in [0.717, 1.165) is 0 Å². The largest absolute Gasteiger partial charge is 0.405 e. The number of alkyl halides is 3. The molecule has 1 rings (SSSR count). The molecule has 0 aromatic carbocycles. The Balaban J connectivity index is 2.46. The van der Waals surface area contributed by atoms with Crippen molar-refractivity contribution in [1.82, 2.24) is 5.32 Å². The minimum Gasteiger partial charge on any atom is -0.381 e. The van der Waals surface area contributed by atoms with Gasteiger partial charge in [-0.3, -0.25) is 0 Å². The van der Waals surface area contributed by atoms with Crippen LogP contribution in [0, 0.1) is 22.7 Å². The number of methoxy groups -OCH3 is 1. The summed E-state index contributed by atoms with van der Waals surface area (Å²) in [6.45, 7) is 3.53. The smallest absolute Gasteiger partial charge is 0.381 e. The SMILES string of the molecule is COC1CC(NCC(C#N)C(F)(F)F)C1(C)C. The van der Waals surface area contributed by atoms with Gasteiger partial charge < -0.3 is 10.1 Å². The third kappa shape index (κ3) is 2.90. The van der Waals surface area contributed by atoms with Gasteiger partial charge in [0, 0.05) is 25.1 Å². The molecule has 0 saturated heterocycles. The number of hydrogen-bond acceptors (Lipinski definition) is 3. The summed E-state index contributed by atoms with van der Waals surface area (Å²) in [7, 11) is 1.59. The van der Waals surface area contributed by atoms with E-state index in [1.165, 1.54) is 6.07 Å². The predicted molar refractivity (Wildman–Crippen MR) is 56.1 cm³/mol. The fraction of sp³-hybridized carbons (Fsp3) is 0.909. The molecule has 3 nitrogen and oxygen atoms in total. The first-order chi connectivity index (χ1) is 7.73. The number of ether oxygens (including phenoxy) is 1. The van der Waals surface area contributed by atoms with Gasteiger partial charge in [0.15, 0.2) is 5.92 Å². The lowest BCUT2D eigenvalue weighted by Gasteiger charge is -2.51. The van der Waals surface area contributed by atoms with E-state index >= 15 is 0 Å². The van der Waals surface area contributed by atoms with Gasteiger partial charge in [0.2, 0.25) is 0 Å². The van der Waals surface area contributed by atoms with Crippen LogP contribution in [-0.2, 0) is 4.74 Å². The molecule has 6 heteroatoms. The van der Waals surface area contributed by atoms with Crippen molar-refractivity contribution in [1.29, 1.82) is 5.26 Å². The molecule has 0 aromatic heterocycles. The predicted octanol–water partition coefficient (Wildman–Crippen LogP) is 2.09. The molecule has 0 radical (unpaired) electrons. The van der Waals surface area contributed by atoms with E-state index in [9.17, 15) is 13.2 Å². The van der Waals surface area contributed by atoms with Gasteiger partial charge in [-0.25, -0.2) is 0 Å². The van der Waals surface area contributed by atoms with Gasteiger partial charge >= 0.3 is 6.18 Å². The summed E-state index contributed by atoms with van der Waals surface area (Å²) in [6, 6.07) is 1.24. The number of nitrogens with one attached hydrogen (secondary N) is 1. The Morgan fingerprint density at radius 2 is 2.12 bits per heavy atom. The topological polar surface area (TPSA) is 45.0 Å². The zero-order valence-corrected chi connectivity index (χ0v) is 10.1. The van der Waals surface area contributed by atoms with Crippen LogP contribution < -0.4 is 5.32 Å². The van der Waals surface area contributed by atoms with Crippen molar-refractivity contribution in [3.05, 3.63) is 0 Å². The standard InChI is InChI=1S/C11H17F3N2O/c1-10(2)8(4-9(10)17-3)16-6-7(5-15)11(12,13)14/h7-9,16H,4,6H2,1-3H3. The monoisotopic (exact) mass is 250 g/mol. The van der Waals surface area contributed by atoms with Crippen LogP contribution in [0.25, 0.3) is 0 Å². The van der Waals surface area contributed by atoms with Crippen molar-refractivity contribution in [2.24, 2.45) is 11.3 Å². The van der Waals surface area contributed by atoms with Crippen molar-refractivity contribution in [2.75, 3.05) is 13.7 Å². The van der Waals surface area contributed by atoms with E-state index in [-0.39, 0.29) is 24.1 Å². The lowest BCUT2D eigenvalue weighted by atomic mass is 9.64. The molecule has 3 atom stereocenters. The highest BCUT2D eigenvalue weighted by Crippen LogP contribution is 2.42. The molecule has 0 heterocycles. The summed E-state index contributed by atoms with van der Waals surface area (Å²) in [4.78, 5) is 0. The first-order valence-electron chi connectivity index (χ1n) is 5.46. The Hall–Kier alpha value is -0.800. The van der Waals surface area contributed by atoms with Crippen LogP contribution in [0.3, 0.4) is 0 Å². The number of halogens is 3. The molecule has 0 aromatic rings. The van der Waals surface area contributed by atoms with E-state index in [1.54, 1.807) is 7.11 Å². The Kier molecular flexibility index (Phi) is 4.05. The summed E-state index contributed by atoms with van der Waals surface area (Å²) in [6.07, 6.45) is -3.72. The van der Waals surface area contributed by atoms with Gasteiger partial charge in [0.1, 0.15) is 0 Å². The van der Waals surface area contributed by atoms with Gasteiger partial charge in [-0.1, -0.05) is 13.8 Å². The molecule has 98 valence electrons. The molecule has 0 amide bonds.